The third-order valence-corrected chi connectivity index (χ3v) is 6.60. The first-order valence-corrected chi connectivity index (χ1v) is 11.7. The fourth-order valence-corrected chi connectivity index (χ4v) is 4.99. The van der Waals surface area contributed by atoms with Crippen LogP contribution < -0.4 is 24.4 Å². The number of aryl methyl sites for hydroxylation is 1. The summed E-state index contributed by atoms with van der Waals surface area (Å²) in [6, 6.07) is 12.6. The summed E-state index contributed by atoms with van der Waals surface area (Å²) in [4.78, 5) is 31.8. The Kier molecular flexibility index (Phi) is 6.70. The molecule has 1 atom stereocenters. The fraction of sp³-hybridized carbons (Fsp3) is 0.269. The Morgan fingerprint density at radius 2 is 1.79 bits per heavy atom. The number of thiazole rings is 1. The standard InChI is InChI=1S/C26H26N2O5S/c1-6-33-25(30)22-16(3)27-26-28(23(22)18-11-12-19(31-4)20(14-18)32-5)24(29)21(34-26)13-17-9-7-15(2)8-10-17/h7-14,23H,6H2,1-5H3. The van der Waals surface area contributed by atoms with Crippen molar-refractivity contribution < 1.29 is 19.0 Å². The van der Waals surface area contributed by atoms with Crippen LogP contribution in [0.5, 0.6) is 11.5 Å². The van der Waals surface area contributed by atoms with Gasteiger partial charge in [-0.25, -0.2) is 9.79 Å². The lowest BCUT2D eigenvalue weighted by molar-refractivity contribution is -0.139. The van der Waals surface area contributed by atoms with E-state index in [1.807, 2.05) is 43.3 Å². The molecule has 2 aromatic carbocycles. The lowest BCUT2D eigenvalue weighted by Gasteiger charge is -2.25. The molecule has 0 fully saturated rings. The maximum atomic E-state index is 13.6. The second kappa shape index (κ2) is 9.69. The quantitative estimate of drug-likeness (QED) is 0.509. The van der Waals surface area contributed by atoms with Crippen LogP contribution in [0.1, 0.15) is 36.6 Å². The van der Waals surface area contributed by atoms with Crippen molar-refractivity contribution in [2.24, 2.45) is 4.99 Å². The van der Waals surface area contributed by atoms with Crippen LogP contribution in [-0.2, 0) is 9.53 Å². The molecule has 176 valence electrons. The zero-order valence-electron chi connectivity index (χ0n) is 19.7. The van der Waals surface area contributed by atoms with Crippen LogP contribution in [0.25, 0.3) is 6.08 Å². The van der Waals surface area contributed by atoms with Crippen molar-refractivity contribution in [1.29, 1.82) is 0 Å². The first-order chi connectivity index (χ1) is 16.4. The van der Waals surface area contributed by atoms with Crippen LogP contribution >= 0.6 is 11.3 Å². The lowest BCUT2D eigenvalue weighted by atomic mass is 9.95. The monoisotopic (exact) mass is 478 g/mol. The van der Waals surface area contributed by atoms with Crippen LogP contribution in [0, 0.1) is 6.92 Å². The van der Waals surface area contributed by atoms with Crippen molar-refractivity contribution in [2.75, 3.05) is 20.8 Å². The highest BCUT2D eigenvalue weighted by atomic mass is 32.1. The molecule has 1 aliphatic heterocycles. The molecule has 0 saturated carbocycles. The molecule has 0 spiro atoms. The summed E-state index contributed by atoms with van der Waals surface area (Å²) in [6.45, 7) is 5.74. The molecule has 7 nitrogen and oxygen atoms in total. The predicted octanol–water partition coefficient (Wildman–Crippen LogP) is 3.12. The van der Waals surface area contributed by atoms with Crippen LogP contribution in [0.2, 0.25) is 0 Å². The number of hydrogen-bond acceptors (Lipinski definition) is 7. The Hall–Kier alpha value is -3.65. The average Bonchev–Trinajstić information content (AvgIpc) is 3.13. The van der Waals surface area contributed by atoms with E-state index < -0.39 is 12.0 Å². The number of hydrogen-bond donors (Lipinski definition) is 0. The first-order valence-electron chi connectivity index (χ1n) is 10.9. The maximum absolute atomic E-state index is 13.6. The number of benzene rings is 2. The molecule has 8 heteroatoms. The van der Waals surface area contributed by atoms with Gasteiger partial charge in [0, 0.05) is 0 Å². The number of esters is 1. The Morgan fingerprint density at radius 1 is 1.09 bits per heavy atom. The summed E-state index contributed by atoms with van der Waals surface area (Å²) < 4.78 is 18.3. The van der Waals surface area contributed by atoms with E-state index in [1.54, 1.807) is 44.8 Å². The van der Waals surface area contributed by atoms with E-state index in [4.69, 9.17) is 14.2 Å². The van der Waals surface area contributed by atoms with Gasteiger partial charge in [0.1, 0.15) is 0 Å². The van der Waals surface area contributed by atoms with Gasteiger partial charge < -0.3 is 14.2 Å². The Bertz CT molecular complexity index is 1450. The smallest absolute Gasteiger partial charge is 0.338 e. The Labute approximate surface area is 201 Å². The van der Waals surface area contributed by atoms with Gasteiger partial charge in [-0.1, -0.05) is 47.2 Å². The molecule has 0 saturated heterocycles. The molecule has 2 heterocycles. The van der Waals surface area contributed by atoms with Gasteiger partial charge >= 0.3 is 5.97 Å². The molecule has 1 aromatic heterocycles. The van der Waals surface area contributed by atoms with Gasteiger partial charge in [-0.05, 0) is 50.1 Å². The Morgan fingerprint density at radius 3 is 2.44 bits per heavy atom. The van der Waals surface area contributed by atoms with E-state index >= 15 is 0 Å². The van der Waals surface area contributed by atoms with Crippen molar-refractivity contribution in [3.63, 3.8) is 0 Å². The van der Waals surface area contributed by atoms with E-state index in [1.165, 1.54) is 11.3 Å². The van der Waals surface area contributed by atoms with E-state index in [2.05, 4.69) is 4.99 Å². The number of nitrogens with zero attached hydrogens (tertiary/aromatic N) is 2. The van der Waals surface area contributed by atoms with Gasteiger partial charge in [-0.2, -0.15) is 0 Å². The van der Waals surface area contributed by atoms with Crippen molar-refractivity contribution in [2.45, 2.75) is 26.8 Å². The fourth-order valence-electron chi connectivity index (χ4n) is 3.94. The zero-order valence-corrected chi connectivity index (χ0v) is 20.6. The van der Waals surface area contributed by atoms with Gasteiger partial charge in [0.2, 0.25) is 0 Å². The average molecular weight is 479 g/mol. The molecule has 0 N–H and O–H groups in total. The first kappa shape index (κ1) is 23.5. The number of aromatic nitrogens is 1. The molecule has 34 heavy (non-hydrogen) atoms. The summed E-state index contributed by atoms with van der Waals surface area (Å²) in [5.41, 5.74) is 3.36. The van der Waals surface area contributed by atoms with Gasteiger partial charge in [0.15, 0.2) is 16.3 Å². The minimum atomic E-state index is -0.713. The van der Waals surface area contributed by atoms with Crippen molar-refractivity contribution in [3.05, 3.63) is 90.1 Å². The largest absolute Gasteiger partial charge is 0.493 e. The lowest BCUT2D eigenvalue weighted by Crippen LogP contribution is -2.39. The van der Waals surface area contributed by atoms with Crippen LogP contribution in [-0.4, -0.2) is 31.4 Å². The van der Waals surface area contributed by atoms with E-state index in [0.29, 0.717) is 37.7 Å². The van der Waals surface area contributed by atoms with Crippen LogP contribution in [0.4, 0.5) is 0 Å². The van der Waals surface area contributed by atoms with Gasteiger partial charge in [-0.3, -0.25) is 9.36 Å². The number of ether oxygens (including phenoxy) is 3. The predicted molar refractivity (Wildman–Crippen MR) is 131 cm³/mol. The number of carbonyl (C=O) groups is 1. The molecule has 0 radical (unpaired) electrons. The summed E-state index contributed by atoms with van der Waals surface area (Å²) in [5.74, 6) is 0.549. The van der Waals surface area contributed by atoms with Crippen molar-refractivity contribution >= 4 is 23.4 Å². The van der Waals surface area contributed by atoms with E-state index in [9.17, 15) is 9.59 Å². The summed E-state index contributed by atoms with van der Waals surface area (Å²) in [6.07, 6.45) is 1.85. The second-order valence-electron chi connectivity index (χ2n) is 7.83. The number of methoxy groups -OCH3 is 2. The topological polar surface area (TPSA) is 79.1 Å². The van der Waals surface area contributed by atoms with Gasteiger partial charge in [-0.15, -0.1) is 0 Å². The van der Waals surface area contributed by atoms with Gasteiger partial charge in [0.25, 0.3) is 5.56 Å². The third kappa shape index (κ3) is 4.28. The van der Waals surface area contributed by atoms with Crippen LogP contribution in [0.3, 0.4) is 0 Å². The SMILES string of the molecule is CCOC(=O)C1=C(C)N=c2sc(=Cc3ccc(C)cc3)c(=O)n2C1c1ccc(OC)c(OC)c1. The number of carbonyl (C=O) groups excluding carboxylic acids is 1. The highest BCUT2D eigenvalue weighted by Crippen LogP contribution is 2.36. The van der Waals surface area contributed by atoms with Crippen molar-refractivity contribution in [1.82, 2.24) is 4.57 Å². The van der Waals surface area contributed by atoms with Crippen molar-refractivity contribution in [3.8, 4) is 11.5 Å². The minimum absolute atomic E-state index is 0.214. The highest BCUT2D eigenvalue weighted by Gasteiger charge is 2.33. The molecule has 1 unspecified atom stereocenters. The summed E-state index contributed by atoms with van der Waals surface area (Å²) >= 11 is 1.29. The normalized spacial score (nSPS) is 15.6. The molecule has 0 aliphatic carbocycles. The molecule has 1 aliphatic rings. The molecular weight excluding hydrogens is 452 g/mol. The Balaban J connectivity index is 1.96. The molecule has 0 bridgehead atoms. The number of fused-ring (bicyclic) bond motifs is 1. The summed E-state index contributed by atoms with van der Waals surface area (Å²) in [7, 11) is 3.10. The van der Waals surface area contributed by atoms with E-state index in [0.717, 1.165) is 11.1 Å². The maximum Gasteiger partial charge on any atom is 0.338 e. The molecule has 0 amide bonds. The van der Waals surface area contributed by atoms with E-state index in [-0.39, 0.29) is 12.2 Å². The number of rotatable bonds is 6. The zero-order chi connectivity index (χ0) is 24.4. The second-order valence-corrected chi connectivity index (χ2v) is 8.84. The third-order valence-electron chi connectivity index (χ3n) is 5.62. The molecule has 3 aromatic rings. The minimum Gasteiger partial charge on any atom is -0.493 e. The molecular formula is C26H26N2O5S. The molecule has 4 rings (SSSR count). The summed E-state index contributed by atoms with van der Waals surface area (Å²) in [5, 5.41) is 0. The highest BCUT2D eigenvalue weighted by molar-refractivity contribution is 7.07. The van der Waals surface area contributed by atoms with Gasteiger partial charge in [0.05, 0.1) is 42.7 Å². The van der Waals surface area contributed by atoms with Crippen LogP contribution in [0.15, 0.2) is 63.5 Å². The number of allylic oxidation sites excluding steroid dienone is 1.